The molecule has 8 heteroatoms. The third kappa shape index (κ3) is 4.36. The van der Waals surface area contributed by atoms with Gasteiger partial charge in [0, 0.05) is 25.2 Å². The summed E-state index contributed by atoms with van der Waals surface area (Å²) in [6.07, 6.45) is 3.74. The highest BCUT2D eigenvalue weighted by atomic mass is 32.1. The number of nitrogens with zero attached hydrogens (tertiary/aromatic N) is 4. The van der Waals surface area contributed by atoms with Gasteiger partial charge in [-0.05, 0) is 37.5 Å². The Morgan fingerprint density at radius 1 is 1.19 bits per heavy atom. The Kier molecular flexibility index (Phi) is 5.61. The Balaban J connectivity index is 1.24. The minimum Gasteiger partial charge on any atom is -0.352 e. The third-order valence-corrected chi connectivity index (χ3v) is 6.81. The molecule has 3 heterocycles. The van der Waals surface area contributed by atoms with Gasteiger partial charge < -0.3 is 10.2 Å². The van der Waals surface area contributed by atoms with Crippen molar-refractivity contribution < 1.29 is 9.18 Å². The lowest BCUT2D eigenvalue weighted by molar-refractivity contribution is -0.125. The maximum atomic E-state index is 13.1. The van der Waals surface area contributed by atoms with Crippen LogP contribution in [0.4, 0.5) is 9.52 Å². The maximum Gasteiger partial charge on any atom is 0.225 e. The molecule has 1 N–H and O–H groups in total. The third-order valence-electron chi connectivity index (χ3n) is 5.82. The van der Waals surface area contributed by atoms with Crippen molar-refractivity contribution in [3.05, 3.63) is 71.7 Å². The van der Waals surface area contributed by atoms with Gasteiger partial charge in [0.05, 0.1) is 17.8 Å². The molecule has 2 aromatic heterocycles. The van der Waals surface area contributed by atoms with Gasteiger partial charge in [-0.1, -0.05) is 53.3 Å². The summed E-state index contributed by atoms with van der Waals surface area (Å²) in [6, 6.07) is 14.5. The van der Waals surface area contributed by atoms with E-state index in [-0.39, 0.29) is 17.6 Å². The molecular formula is C24H24FN5OS. The molecule has 0 spiro atoms. The number of fused-ring (bicyclic) bond motifs is 1. The minimum atomic E-state index is -0.274. The smallest absolute Gasteiger partial charge is 0.225 e. The van der Waals surface area contributed by atoms with Crippen molar-refractivity contribution in [1.29, 1.82) is 0 Å². The summed E-state index contributed by atoms with van der Waals surface area (Å²) in [4.78, 5) is 20.5. The van der Waals surface area contributed by atoms with Crippen LogP contribution in [0.15, 0.2) is 54.7 Å². The van der Waals surface area contributed by atoms with Crippen molar-refractivity contribution in [3.8, 4) is 11.3 Å². The summed E-state index contributed by atoms with van der Waals surface area (Å²) >= 11 is 1.55. The Morgan fingerprint density at radius 3 is 2.72 bits per heavy atom. The minimum absolute atomic E-state index is 0.0296. The number of hydrogen-bond acceptors (Lipinski definition) is 5. The maximum absolute atomic E-state index is 13.1. The van der Waals surface area contributed by atoms with E-state index in [1.54, 1.807) is 23.5 Å². The number of benzene rings is 2. The summed E-state index contributed by atoms with van der Waals surface area (Å²) in [5.41, 5.74) is 4.09. The van der Waals surface area contributed by atoms with E-state index in [0.29, 0.717) is 13.1 Å². The molecule has 0 aliphatic carbocycles. The first kappa shape index (κ1) is 20.6. The number of anilines is 1. The van der Waals surface area contributed by atoms with Crippen molar-refractivity contribution in [1.82, 2.24) is 19.9 Å². The molecule has 1 fully saturated rings. The first-order valence-electron chi connectivity index (χ1n) is 10.8. The Hall–Kier alpha value is -3.26. The quantitative estimate of drug-likeness (QED) is 0.489. The van der Waals surface area contributed by atoms with Crippen molar-refractivity contribution >= 4 is 27.3 Å². The van der Waals surface area contributed by atoms with Crippen LogP contribution in [0.3, 0.4) is 0 Å². The number of imidazole rings is 1. The molecule has 0 bridgehead atoms. The van der Waals surface area contributed by atoms with Gasteiger partial charge in [-0.15, -0.1) is 5.10 Å². The lowest BCUT2D eigenvalue weighted by Crippen LogP contribution is -2.43. The van der Waals surface area contributed by atoms with Gasteiger partial charge >= 0.3 is 0 Å². The summed E-state index contributed by atoms with van der Waals surface area (Å²) in [7, 11) is 0. The highest BCUT2D eigenvalue weighted by Crippen LogP contribution is 2.30. The van der Waals surface area contributed by atoms with Crippen LogP contribution in [-0.2, 0) is 11.3 Å². The number of piperidine rings is 1. The van der Waals surface area contributed by atoms with Crippen molar-refractivity contribution in [3.63, 3.8) is 0 Å². The largest absolute Gasteiger partial charge is 0.352 e. The number of halogens is 1. The van der Waals surface area contributed by atoms with E-state index in [1.165, 1.54) is 17.7 Å². The average molecular weight is 450 g/mol. The van der Waals surface area contributed by atoms with E-state index in [2.05, 4.69) is 41.4 Å². The van der Waals surface area contributed by atoms with E-state index in [9.17, 15) is 9.18 Å². The molecular weight excluding hydrogens is 425 g/mol. The van der Waals surface area contributed by atoms with Crippen LogP contribution >= 0.6 is 11.3 Å². The van der Waals surface area contributed by atoms with Crippen LogP contribution < -0.4 is 10.2 Å². The second kappa shape index (κ2) is 8.70. The number of nitrogens with one attached hydrogen (secondary N) is 1. The highest BCUT2D eigenvalue weighted by Gasteiger charge is 2.27. The monoisotopic (exact) mass is 449 g/mol. The van der Waals surface area contributed by atoms with Crippen LogP contribution in [0, 0.1) is 18.7 Å². The molecule has 1 aliphatic rings. The van der Waals surface area contributed by atoms with E-state index in [1.807, 2.05) is 10.7 Å². The number of carbonyl (C=O) groups is 1. The molecule has 0 radical (unpaired) electrons. The van der Waals surface area contributed by atoms with E-state index in [4.69, 9.17) is 10.1 Å². The van der Waals surface area contributed by atoms with Gasteiger partial charge in [0.15, 0.2) is 0 Å². The highest BCUT2D eigenvalue weighted by molar-refractivity contribution is 7.20. The van der Waals surface area contributed by atoms with Crippen LogP contribution in [-0.4, -0.2) is 33.6 Å². The number of rotatable bonds is 5. The summed E-state index contributed by atoms with van der Waals surface area (Å²) in [5, 5.41) is 8.60. The summed E-state index contributed by atoms with van der Waals surface area (Å²) < 4.78 is 14.9. The second-order valence-electron chi connectivity index (χ2n) is 8.23. The van der Waals surface area contributed by atoms with E-state index >= 15 is 0 Å². The fourth-order valence-corrected chi connectivity index (χ4v) is 4.90. The van der Waals surface area contributed by atoms with Crippen molar-refractivity contribution in [2.45, 2.75) is 26.3 Å². The van der Waals surface area contributed by atoms with Gasteiger partial charge in [0.25, 0.3) is 0 Å². The molecule has 1 saturated heterocycles. The summed E-state index contributed by atoms with van der Waals surface area (Å²) in [5.74, 6) is -0.339. The number of hydrogen-bond donors (Lipinski definition) is 1. The molecule has 6 nitrogen and oxygen atoms in total. The molecule has 164 valence electrons. The molecule has 1 aliphatic heterocycles. The predicted molar refractivity (Wildman–Crippen MR) is 124 cm³/mol. The van der Waals surface area contributed by atoms with Crippen molar-refractivity contribution in [2.24, 2.45) is 5.92 Å². The zero-order valence-electron chi connectivity index (χ0n) is 17.8. The summed E-state index contributed by atoms with van der Waals surface area (Å²) in [6.45, 7) is 3.99. The molecule has 2 aromatic carbocycles. The van der Waals surface area contributed by atoms with Crippen LogP contribution in [0.1, 0.15) is 24.0 Å². The SMILES string of the molecule is Cc1ccc(-c2cn3nc(N4CCC[C@H](C(=O)NCc5ccc(F)cc5)C4)sc3n2)cc1. The van der Waals surface area contributed by atoms with Crippen LogP contribution in [0.2, 0.25) is 0 Å². The molecule has 32 heavy (non-hydrogen) atoms. The zero-order chi connectivity index (χ0) is 22.1. The Labute approximate surface area is 189 Å². The number of amides is 1. The number of aryl methyl sites for hydroxylation is 1. The fourth-order valence-electron chi connectivity index (χ4n) is 3.98. The fraction of sp³-hybridized carbons (Fsp3) is 0.292. The first-order valence-corrected chi connectivity index (χ1v) is 11.6. The number of carbonyl (C=O) groups excluding carboxylic acids is 1. The lowest BCUT2D eigenvalue weighted by Gasteiger charge is -2.31. The van der Waals surface area contributed by atoms with Gasteiger partial charge in [0.1, 0.15) is 5.82 Å². The van der Waals surface area contributed by atoms with Gasteiger partial charge in [-0.2, -0.15) is 0 Å². The van der Waals surface area contributed by atoms with Gasteiger partial charge in [-0.25, -0.2) is 13.9 Å². The topological polar surface area (TPSA) is 62.5 Å². The Morgan fingerprint density at radius 2 is 1.97 bits per heavy atom. The van der Waals surface area contributed by atoms with Crippen molar-refractivity contribution in [2.75, 3.05) is 18.0 Å². The predicted octanol–water partition coefficient (Wildman–Crippen LogP) is 4.44. The molecule has 0 unspecified atom stereocenters. The first-order chi connectivity index (χ1) is 15.5. The lowest BCUT2D eigenvalue weighted by atomic mass is 9.97. The molecule has 1 atom stereocenters. The van der Waals surface area contributed by atoms with Gasteiger partial charge in [-0.3, -0.25) is 4.79 Å². The zero-order valence-corrected chi connectivity index (χ0v) is 18.6. The number of aromatic nitrogens is 3. The van der Waals surface area contributed by atoms with Gasteiger partial charge in [0.2, 0.25) is 16.0 Å². The van der Waals surface area contributed by atoms with Crippen LogP contribution in [0.25, 0.3) is 16.2 Å². The normalized spacial score (nSPS) is 16.4. The standard InChI is InChI=1S/C24H24FN5OS/c1-16-4-8-18(9-5-16)21-15-30-23(27-21)32-24(28-30)29-12-2-3-19(14-29)22(31)26-13-17-6-10-20(25)11-7-17/h4-11,15,19H,2-3,12-14H2,1H3,(H,26,31)/t19-/m0/s1. The van der Waals surface area contributed by atoms with E-state index < -0.39 is 0 Å². The molecule has 1 amide bonds. The molecule has 5 rings (SSSR count). The Bertz CT molecular complexity index is 1200. The molecule has 4 aromatic rings. The second-order valence-corrected chi connectivity index (χ2v) is 9.17. The molecule has 0 saturated carbocycles. The van der Waals surface area contributed by atoms with E-state index in [0.717, 1.165) is 46.3 Å². The van der Waals surface area contributed by atoms with Crippen LogP contribution in [0.5, 0.6) is 0 Å². The average Bonchev–Trinajstić information content (AvgIpc) is 3.39.